The van der Waals surface area contributed by atoms with Gasteiger partial charge in [0.1, 0.15) is 19.0 Å². The number of benzene rings is 2. The lowest BCUT2D eigenvalue weighted by atomic mass is 10.1. The Morgan fingerprint density at radius 1 is 1.14 bits per heavy atom. The molecule has 0 bridgehead atoms. The molecule has 0 unspecified atom stereocenters. The molecule has 2 aromatic rings. The Kier molecular flexibility index (Phi) is 5.68. The van der Waals surface area contributed by atoms with E-state index in [1.807, 2.05) is 42.5 Å². The maximum absolute atomic E-state index is 8.79. The molecule has 0 fully saturated rings. The van der Waals surface area contributed by atoms with Crippen LogP contribution in [0.15, 0.2) is 42.5 Å². The number of aryl methyl sites for hydroxylation is 1. The lowest BCUT2D eigenvalue weighted by Crippen LogP contribution is -1.99. The second-order valence-corrected chi connectivity index (χ2v) is 4.92. The molecule has 2 nitrogen and oxygen atoms in total. The van der Waals surface area contributed by atoms with Gasteiger partial charge in [-0.3, -0.25) is 0 Å². The highest BCUT2D eigenvalue weighted by Crippen LogP contribution is 2.23. The van der Waals surface area contributed by atoms with Gasteiger partial charge in [-0.15, -0.1) is 0 Å². The molecule has 0 aromatic heterocycles. The van der Waals surface area contributed by atoms with Crippen molar-refractivity contribution in [3.8, 4) is 17.6 Å². The number of aliphatic hydroxyl groups excluding tert-OH is 1. The largest absolute Gasteiger partial charge is 0.489 e. The molecule has 2 rings (SSSR count). The van der Waals surface area contributed by atoms with Crippen molar-refractivity contribution in [3.05, 3.63) is 64.2 Å². The lowest BCUT2D eigenvalue weighted by Gasteiger charge is -2.10. The summed E-state index contributed by atoms with van der Waals surface area (Å²) in [5, 5.41) is 9.56. The first kappa shape index (κ1) is 15.4. The number of hydrogen-bond acceptors (Lipinski definition) is 2. The zero-order valence-electron chi connectivity index (χ0n) is 11.9. The van der Waals surface area contributed by atoms with Crippen molar-refractivity contribution in [2.75, 3.05) is 6.61 Å². The molecule has 0 spiro atoms. The number of ether oxygens (including phenoxy) is 1. The summed E-state index contributed by atoms with van der Waals surface area (Å²) < 4.78 is 5.82. The zero-order valence-corrected chi connectivity index (χ0v) is 12.7. The minimum Gasteiger partial charge on any atom is -0.489 e. The van der Waals surface area contributed by atoms with E-state index in [0.717, 1.165) is 33.9 Å². The van der Waals surface area contributed by atoms with Crippen LogP contribution in [0.2, 0.25) is 5.02 Å². The highest BCUT2D eigenvalue weighted by Gasteiger charge is 2.03. The van der Waals surface area contributed by atoms with Crippen LogP contribution in [0.1, 0.15) is 23.6 Å². The third-order valence-electron chi connectivity index (χ3n) is 3.11. The fourth-order valence-electron chi connectivity index (χ4n) is 1.98. The van der Waals surface area contributed by atoms with E-state index in [2.05, 4.69) is 18.8 Å². The third-order valence-corrected chi connectivity index (χ3v) is 3.48. The van der Waals surface area contributed by atoms with Gasteiger partial charge in [0.25, 0.3) is 0 Å². The molecule has 108 valence electrons. The van der Waals surface area contributed by atoms with Gasteiger partial charge in [0.05, 0.1) is 0 Å². The van der Waals surface area contributed by atoms with Gasteiger partial charge in [-0.25, -0.2) is 0 Å². The van der Waals surface area contributed by atoms with Crippen molar-refractivity contribution in [1.82, 2.24) is 0 Å². The molecule has 2 aromatic carbocycles. The van der Waals surface area contributed by atoms with Crippen molar-refractivity contribution < 1.29 is 9.84 Å². The van der Waals surface area contributed by atoms with E-state index in [1.54, 1.807) is 0 Å². The quantitative estimate of drug-likeness (QED) is 0.870. The molecular formula is C18H17ClO2. The average molecular weight is 301 g/mol. The average Bonchev–Trinajstić information content (AvgIpc) is 2.53. The van der Waals surface area contributed by atoms with Gasteiger partial charge >= 0.3 is 0 Å². The van der Waals surface area contributed by atoms with E-state index >= 15 is 0 Å². The van der Waals surface area contributed by atoms with Gasteiger partial charge in [0, 0.05) is 16.1 Å². The standard InChI is InChI=1S/C18H17ClO2/c1-2-14-12-17(9-10-18(14)19)21-13-16-7-4-3-6-15(16)8-5-11-20/h3-4,6-7,9-10,12,20H,2,11,13H2,1H3. The van der Waals surface area contributed by atoms with E-state index in [1.165, 1.54) is 0 Å². The summed E-state index contributed by atoms with van der Waals surface area (Å²) in [7, 11) is 0. The Hall–Kier alpha value is -1.95. The summed E-state index contributed by atoms with van der Waals surface area (Å²) in [6.45, 7) is 2.35. The van der Waals surface area contributed by atoms with Crippen LogP contribution in [0.25, 0.3) is 0 Å². The van der Waals surface area contributed by atoms with E-state index in [9.17, 15) is 0 Å². The van der Waals surface area contributed by atoms with Crippen molar-refractivity contribution in [3.63, 3.8) is 0 Å². The van der Waals surface area contributed by atoms with Crippen LogP contribution in [0.4, 0.5) is 0 Å². The molecule has 0 radical (unpaired) electrons. The Balaban J connectivity index is 2.13. The molecule has 0 atom stereocenters. The van der Waals surface area contributed by atoms with Crippen LogP contribution in [-0.4, -0.2) is 11.7 Å². The summed E-state index contributed by atoms with van der Waals surface area (Å²) in [4.78, 5) is 0. The van der Waals surface area contributed by atoms with Gasteiger partial charge in [-0.1, -0.05) is 48.6 Å². The molecule has 21 heavy (non-hydrogen) atoms. The number of halogens is 1. The molecule has 3 heteroatoms. The van der Waals surface area contributed by atoms with E-state index in [0.29, 0.717) is 6.61 Å². The van der Waals surface area contributed by atoms with Crippen LogP contribution in [0.5, 0.6) is 5.75 Å². The molecular weight excluding hydrogens is 284 g/mol. The molecule has 0 aliphatic rings. The Morgan fingerprint density at radius 2 is 1.95 bits per heavy atom. The van der Waals surface area contributed by atoms with Crippen LogP contribution in [0, 0.1) is 11.8 Å². The normalized spacial score (nSPS) is 9.86. The Bertz CT molecular complexity index is 668. The molecule has 0 amide bonds. The summed E-state index contributed by atoms with van der Waals surface area (Å²) in [5.74, 6) is 6.38. The van der Waals surface area contributed by atoms with Crippen LogP contribution >= 0.6 is 11.6 Å². The van der Waals surface area contributed by atoms with Crippen molar-refractivity contribution in [2.24, 2.45) is 0 Å². The molecule has 0 saturated heterocycles. The number of hydrogen-bond donors (Lipinski definition) is 1. The monoisotopic (exact) mass is 300 g/mol. The Morgan fingerprint density at radius 3 is 2.71 bits per heavy atom. The smallest absolute Gasteiger partial charge is 0.120 e. The summed E-state index contributed by atoms with van der Waals surface area (Å²) in [6, 6.07) is 13.4. The van der Waals surface area contributed by atoms with Crippen molar-refractivity contribution in [1.29, 1.82) is 0 Å². The van der Waals surface area contributed by atoms with E-state index in [-0.39, 0.29) is 6.61 Å². The van der Waals surface area contributed by atoms with Gasteiger partial charge in [0.2, 0.25) is 0 Å². The van der Waals surface area contributed by atoms with Crippen molar-refractivity contribution in [2.45, 2.75) is 20.0 Å². The maximum Gasteiger partial charge on any atom is 0.120 e. The number of aliphatic hydroxyl groups is 1. The predicted molar refractivity (Wildman–Crippen MR) is 85.6 cm³/mol. The minimum atomic E-state index is -0.147. The molecule has 0 aliphatic heterocycles. The molecule has 0 saturated carbocycles. The zero-order chi connectivity index (χ0) is 15.1. The predicted octanol–water partition coefficient (Wildman–Crippen LogP) is 3.83. The van der Waals surface area contributed by atoms with Crippen molar-refractivity contribution >= 4 is 11.6 Å². The van der Waals surface area contributed by atoms with E-state index in [4.69, 9.17) is 21.4 Å². The van der Waals surface area contributed by atoms with Gasteiger partial charge in [-0.2, -0.15) is 0 Å². The second kappa shape index (κ2) is 7.73. The fraction of sp³-hybridized carbons (Fsp3) is 0.222. The first-order chi connectivity index (χ1) is 10.2. The maximum atomic E-state index is 8.79. The Labute approximate surface area is 130 Å². The van der Waals surface area contributed by atoms with E-state index < -0.39 is 0 Å². The van der Waals surface area contributed by atoms with Crippen LogP contribution < -0.4 is 4.74 Å². The molecule has 0 aliphatic carbocycles. The number of rotatable bonds is 4. The summed E-state index contributed by atoms with van der Waals surface area (Å²) >= 11 is 6.10. The molecule has 0 heterocycles. The van der Waals surface area contributed by atoms with Gasteiger partial charge in [0.15, 0.2) is 0 Å². The first-order valence-corrected chi connectivity index (χ1v) is 7.21. The lowest BCUT2D eigenvalue weighted by molar-refractivity contribution is 0.305. The van der Waals surface area contributed by atoms with Crippen LogP contribution in [-0.2, 0) is 13.0 Å². The topological polar surface area (TPSA) is 29.5 Å². The second-order valence-electron chi connectivity index (χ2n) is 4.51. The minimum absolute atomic E-state index is 0.147. The first-order valence-electron chi connectivity index (χ1n) is 6.83. The summed E-state index contributed by atoms with van der Waals surface area (Å²) in [5.41, 5.74) is 2.94. The highest BCUT2D eigenvalue weighted by molar-refractivity contribution is 6.31. The third kappa shape index (κ3) is 4.26. The summed E-state index contributed by atoms with van der Waals surface area (Å²) in [6.07, 6.45) is 0.870. The van der Waals surface area contributed by atoms with Gasteiger partial charge in [-0.05, 0) is 36.2 Å². The van der Waals surface area contributed by atoms with Crippen LogP contribution in [0.3, 0.4) is 0 Å². The fourth-order valence-corrected chi connectivity index (χ4v) is 2.23. The van der Waals surface area contributed by atoms with Gasteiger partial charge < -0.3 is 9.84 Å². The molecule has 1 N–H and O–H groups in total. The SMILES string of the molecule is CCc1cc(OCc2ccccc2C#CCO)ccc1Cl. The highest BCUT2D eigenvalue weighted by atomic mass is 35.5.